The van der Waals surface area contributed by atoms with E-state index in [0.717, 1.165) is 6.42 Å². The zero-order valence-corrected chi connectivity index (χ0v) is 13.0. The Hall–Kier alpha value is -1.46. The molecule has 0 radical (unpaired) electrons. The largest absolute Gasteiger partial charge is 0.350 e. The molecular weight excluding hydrogens is 294 g/mol. The molecule has 1 N–H and O–H groups in total. The molecule has 2 aromatic rings. The van der Waals surface area contributed by atoms with Gasteiger partial charge in [0, 0.05) is 17.3 Å². The third kappa shape index (κ3) is 3.77. The van der Waals surface area contributed by atoms with Crippen LogP contribution in [0.1, 0.15) is 41.0 Å². The smallest absolute Gasteiger partial charge is 0.271 e. The van der Waals surface area contributed by atoms with Crippen molar-refractivity contribution in [2.45, 2.75) is 26.2 Å². The lowest BCUT2D eigenvalue weighted by molar-refractivity contribution is 0.0949. The number of thiophene rings is 1. The van der Waals surface area contributed by atoms with E-state index in [1.165, 1.54) is 11.1 Å². The minimum atomic E-state index is -0.254. The molecule has 4 nitrogen and oxygen atoms in total. The Morgan fingerprint density at radius 3 is 2.95 bits per heavy atom. The van der Waals surface area contributed by atoms with Crippen LogP contribution in [-0.4, -0.2) is 22.4 Å². The van der Waals surface area contributed by atoms with Crippen molar-refractivity contribution in [2.75, 3.05) is 6.54 Å². The Kier molecular flexibility index (Phi) is 5.09. The van der Waals surface area contributed by atoms with Crippen molar-refractivity contribution in [1.82, 2.24) is 15.3 Å². The van der Waals surface area contributed by atoms with Crippen LogP contribution in [0.3, 0.4) is 0 Å². The first-order chi connectivity index (χ1) is 9.58. The van der Waals surface area contributed by atoms with Crippen molar-refractivity contribution in [1.29, 1.82) is 0 Å². The number of hydrogen-bond acceptors (Lipinski definition) is 4. The number of amides is 1. The molecule has 1 amide bonds. The zero-order valence-electron chi connectivity index (χ0n) is 11.4. The lowest BCUT2D eigenvalue weighted by atomic mass is 10.2. The highest BCUT2D eigenvalue weighted by molar-refractivity contribution is 7.09. The van der Waals surface area contributed by atoms with Gasteiger partial charge in [-0.25, -0.2) is 9.97 Å². The summed E-state index contributed by atoms with van der Waals surface area (Å²) < 4.78 is 0. The second kappa shape index (κ2) is 6.81. The minimum Gasteiger partial charge on any atom is -0.350 e. The van der Waals surface area contributed by atoms with Crippen LogP contribution in [0, 0.1) is 0 Å². The lowest BCUT2D eigenvalue weighted by Crippen LogP contribution is -2.27. The Labute approximate surface area is 127 Å². The van der Waals surface area contributed by atoms with Crippen molar-refractivity contribution in [3.05, 3.63) is 45.1 Å². The van der Waals surface area contributed by atoms with Gasteiger partial charge in [0.15, 0.2) is 0 Å². The Morgan fingerprint density at radius 2 is 2.30 bits per heavy atom. The molecule has 0 fully saturated rings. The average Bonchev–Trinajstić information content (AvgIpc) is 2.92. The van der Waals surface area contributed by atoms with Crippen LogP contribution < -0.4 is 5.32 Å². The molecule has 0 saturated heterocycles. The SMILES string of the molecule is CC(C)c1ncc(Cl)c(C(=O)NCCc2cccs2)n1. The highest BCUT2D eigenvalue weighted by Crippen LogP contribution is 2.16. The summed E-state index contributed by atoms with van der Waals surface area (Å²) in [6.07, 6.45) is 2.29. The summed E-state index contributed by atoms with van der Waals surface area (Å²) in [4.78, 5) is 21.7. The van der Waals surface area contributed by atoms with E-state index < -0.39 is 0 Å². The normalized spacial score (nSPS) is 10.8. The van der Waals surface area contributed by atoms with Crippen molar-refractivity contribution in [2.24, 2.45) is 0 Å². The van der Waals surface area contributed by atoms with Crippen molar-refractivity contribution in [3.8, 4) is 0 Å². The maximum Gasteiger partial charge on any atom is 0.271 e. The van der Waals surface area contributed by atoms with Gasteiger partial charge < -0.3 is 5.32 Å². The van der Waals surface area contributed by atoms with E-state index in [-0.39, 0.29) is 22.5 Å². The first kappa shape index (κ1) is 14.9. The maximum absolute atomic E-state index is 12.1. The molecule has 20 heavy (non-hydrogen) atoms. The lowest BCUT2D eigenvalue weighted by Gasteiger charge is -2.08. The van der Waals surface area contributed by atoms with Crippen LogP contribution >= 0.6 is 22.9 Å². The van der Waals surface area contributed by atoms with Crippen molar-refractivity contribution in [3.63, 3.8) is 0 Å². The molecule has 0 spiro atoms. The predicted octanol–water partition coefficient (Wildman–Crippen LogP) is 3.29. The molecule has 0 atom stereocenters. The number of rotatable bonds is 5. The van der Waals surface area contributed by atoms with Crippen LogP contribution in [0.15, 0.2) is 23.7 Å². The number of hydrogen-bond donors (Lipinski definition) is 1. The minimum absolute atomic E-state index is 0.157. The van der Waals surface area contributed by atoms with Gasteiger partial charge in [-0.1, -0.05) is 31.5 Å². The van der Waals surface area contributed by atoms with Gasteiger partial charge in [-0.2, -0.15) is 0 Å². The van der Waals surface area contributed by atoms with Gasteiger partial charge in [0.1, 0.15) is 11.5 Å². The number of nitrogens with one attached hydrogen (secondary N) is 1. The van der Waals surface area contributed by atoms with Crippen LogP contribution in [0.4, 0.5) is 0 Å². The molecule has 0 unspecified atom stereocenters. The second-order valence-corrected chi connectivity index (χ2v) is 6.10. The summed E-state index contributed by atoms with van der Waals surface area (Å²) in [5, 5.41) is 5.14. The summed E-state index contributed by atoms with van der Waals surface area (Å²) in [5.41, 5.74) is 0.247. The quantitative estimate of drug-likeness (QED) is 0.922. The van der Waals surface area contributed by atoms with Crippen LogP contribution in [0.2, 0.25) is 5.02 Å². The number of nitrogens with zero attached hydrogens (tertiary/aromatic N) is 2. The van der Waals surface area contributed by atoms with Gasteiger partial charge in [0.05, 0.1) is 11.2 Å². The van der Waals surface area contributed by atoms with Gasteiger partial charge in [-0.05, 0) is 17.9 Å². The molecule has 2 aromatic heterocycles. The van der Waals surface area contributed by atoms with Gasteiger partial charge >= 0.3 is 0 Å². The molecule has 0 aliphatic heterocycles. The predicted molar refractivity (Wildman–Crippen MR) is 81.5 cm³/mol. The summed E-state index contributed by atoms with van der Waals surface area (Å²) in [5.74, 6) is 0.526. The first-order valence-corrected chi connectivity index (χ1v) is 7.66. The maximum atomic E-state index is 12.1. The highest BCUT2D eigenvalue weighted by atomic mass is 35.5. The number of halogens is 1. The summed E-state index contributed by atoms with van der Waals surface area (Å²) in [7, 11) is 0. The number of carbonyl (C=O) groups is 1. The average molecular weight is 310 g/mol. The topological polar surface area (TPSA) is 54.9 Å². The second-order valence-electron chi connectivity index (χ2n) is 4.66. The molecule has 2 heterocycles. The third-order valence-corrected chi connectivity index (χ3v) is 3.94. The molecule has 0 aliphatic carbocycles. The van der Waals surface area contributed by atoms with E-state index >= 15 is 0 Å². The molecule has 0 aliphatic rings. The van der Waals surface area contributed by atoms with Gasteiger partial charge in [0.25, 0.3) is 5.91 Å². The standard InChI is InChI=1S/C14H16ClN3OS/c1-9(2)13-17-8-11(15)12(18-13)14(19)16-6-5-10-4-3-7-20-10/h3-4,7-9H,5-6H2,1-2H3,(H,16,19). The Bertz CT molecular complexity index is 584. The fourth-order valence-electron chi connectivity index (χ4n) is 1.66. The van der Waals surface area contributed by atoms with E-state index in [4.69, 9.17) is 11.6 Å². The van der Waals surface area contributed by atoms with Crippen molar-refractivity contribution < 1.29 is 4.79 Å². The summed E-state index contributed by atoms with van der Waals surface area (Å²) in [6.45, 7) is 4.51. The monoisotopic (exact) mass is 309 g/mol. The zero-order chi connectivity index (χ0) is 14.5. The summed E-state index contributed by atoms with van der Waals surface area (Å²) >= 11 is 7.67. The van der Waals surface area contributed by atoms with Gasteiger partial charge in [-0.15, -0.1) is 11.3 Å². The van der Waals surface area contributed by atoms with Crippen molar-refractivity contribution >= 4 is 28.8 Å². The third-order valence-electron chi connectivity index (χ3n) is 2.73. The fraction of sp³-hybridized carbons (Fsp3) is 0.357. The highest BCUT2D eigenvalue weighted by Gasteiger charge is 2.15. The van der Waals surface area contributed by atoms with E-state index in [9.17, 15) is 4.79 Å². The van der Waals surface area contributed by atoms with Crippen LogP contribution in [0.25, 0.3) is 0 Å². The molecule has 6 heteroatoms. The van der Waals surface area contributed by atoms with Gasteiger partial charge in [-0.3, -0.25) is 4.79 Å². The fourth-order valence-corrected chi connectivity index (χ4v) is 2.54. The summed E-state index contributed by atoms with van der Waals surface area (Å²) in [6, 6.07) is 4.05. The van der Waals surface area contributed by atoms with Gasteiger partial charge in [0.2, 0.25) is 0 Å². The number of aromatic nitrogens is 2. The molecule has 2 rings (SSSR count). The van der Waals surface area contributed by atoms with E-state index in [2.05, 4.69) is 15.3 Å². The molecular formula is C14H16ClN3OS. The number of carbonyl (C=O) groups excluding carboxylic acids is 1. The van der Waals surface area contributed by atoms with E-state index in [1.807, 2.05) is 31.4 Å². The van der Waals surface area contributed by atoms with E-state index in [1.54, 1.807) is 11.3 Å². The molecule has 0 bridgehead atoms. The molecule has 0 saturated carbocycles. The Balaban J connectivity index is 1.99. The van der Waals surface area contributed by atoms with E-state index in [0.29, 0.717) is 12.4 Å². The van der Waals surface area contributed by atoms with Crippen LogP contribution in [-0.2, 0) is 6.42 Å². The Morgan fingerprint density at radius 1 is 1.50 bits per heavy atom. The molecule has 106 valence electrons. The van der Waals surface area contributed by atoms with Crippen LogP contribution in [0.5, 0.6) is 0 Å². The first-order valence-electron chi connectivity index (χ1n) is 6.41. The molecule has 0 aromatic carbocycles.